The van der Waals surface area contributed by atoms with E-state index in [2.05, 4.69) is 11.7 Å². The summed E-state index contributed by atoms with van der Waals surface area (Å²) >= 11 is 0. The van der Waals surface area contributed by atoms with Crippen molar-refractivity contribution in [1.82, 2.24) is 0 Å². The minimum Gasteiger partial charge on any atom is -0.429 e. The SMILES string of the molecule is CCCCCC1CCC(c2ccc(-c3ccc(-c4cc(F)c(C(F)(F)Oc5ccc(C(F)(F)F)c(F)c5)c(F)c4)c(F)c3)cc2)CC1. The van der Waals surface area contributed by atoms with E-state index in [0.29, 0.717) is 29.7 Å². The number of alkyl halides is 5. The van der Waals surface area contributed by atoms with Crippen LogP contribution in [0.2, 0.25) is 0 Å². The summed E-state index contributed by atoms with van der Waals surface area (Å²) in [4.78, 5) is 0. The third-order valence-corrected chi connectivity index (χ3v) is 8.88. The van der Waals surface area contributed by atoms with Gasteiger partial charge in [0.1, 0.15) is 34.6 Å². The molecule has 0 radical (unpaired) electrons. The highest BCUT2D eigenvalue weighted by Gasteiger charge is 2.42. The number of ether oxygens (including phenoxy) is 1. The van der Waals surface area contributed by atoms with Gasteiger partial charge in [0, 0.05) is 11.6 Å². The number of hydrogen-bond donors (Lipinski definition) is 0. The van der Waals surface area contributed by atoms with Crippen LogP contribution < -0.4 is 4.74 Å². The zero-order valence-corrected chi connectivity index (χ0v) is 25.5. The molecule has 5 rings (SSSR count). The predicted octanol–water partition coefficient (Wildman–Crippen LogP) is 12.6. The first-order chi connectivity index (χ1) is 22.3. The van der Waals surface area contributed by atoms with E-state index in [4.69, 9.17) is 0 Å². The minimum absolute atomic E-state index is 0.0335. The van der Waals surface area contributed by atoms with E-state index in [9.17, 15) is 35.1 Å². The van der Waals surface area contributed by atoms with Gasteiger partial charge in [-0.1, -0.05) is 69.0 Å². The molecule has 4 aromatic carbocycles. The molecule has 10 heteroatoms. The summed E-state index contributed by atoms with van der Waals surface area (Å²) < 4.78 is 131. The number of benzene rings is 4. The molecule has 0 bridgehead atoms. The molecule has 0 saturated heterocycles. The van der Waals surface area contributed by atoms with Crippen LogP contribution in [0.3, 0.4) is 0 Å². The average Bonchev–Trinajstić information content (AvgIpc) is 3.00. The molecule has 0 heterocycles. The van der Waals surface area contributed by atoms with Gasteiger partial charge in [-0.15, -0.1) is 0 Å². The quantitative estimate of drug-likeness (QED) is 0.121. The Kier molecular flexibility index (Phi) is 10.3. The fraction of sp³-hybridized carbons (Fsp3) is 0.351. The first kappa shape index (κ1) is 34.4. The van der Waals surface area contributed by atoms with Crippen molar-refractivity contribution in [2.75, 3.05) is 0 Å². The first-order valence-electron chi connectivity index (χ1n) is 15.6. The van der Waals surface area contributed by atoms with Gasteiger partial charge in [-0.25, -0.2) is 17.6 Å². The van der Waals surface area contributed by atoms with Crippen LogP contribution in [0.5, 0.6) is 5.75 Å². The number of hydrogen-bond acceptors (Lipinski definition) is 1. The zero-order valence-electron chi connectivity index (χ0n) is 25.5. The monoisotopic (exact) mass is 664 g/mol. The predicted molar refractivity (Wildman–Crippen MR) is 162 cm³/mol. The van der Waals surface area contributed by atoms with Crippen LogP contribution in [-0.4, -0.2) is 0 Å². The maximum absolute atomic E-state index is 15.2. The minimum atomic E-state index is -5.09. The molecule has 250 valence electrons. The zero-order chi connectivity index (χ0) is 33.9. The van der Waals surface area contributed by atoms with Gasteiger partial charge in [-0.2, -0.15) is 22.0 Å². The van der Waals surface area contributed by atoms with Crippen molar-refractivity contribution in [2.24, 2.45) is 5.92 Å². The molecule has 0 aromatic heterocycles. The fourth-order valence-corrected chi connectivity index (χ4v) is 6.34. The van der Waals surface area contributed by atoms with Crippen molar-refractivity contribution in [2.45, 2.75) is 76.5 Å². The highest BCUT2D eigenvalue weighted by Crippen LogP contribution is 2.41. The fourth-order valence-electron chi connectivity index (χ4n) is 6.34. The van der Waals surface area contributed by atoms with Crippen LogP contribution in [0.15, 0.2) is 72.8 Å². The van der Waals surface area contributed by atoms with E-state index < -0.39 is 52.4 Å². The van der Waals surface area contributed by atoms with Gasteiger partial charge in [0.05, 0.1) is 5.56 Å². The van der Waals surface area contributed by atoms with Crippen LogP contribution in [0, 0.1) is 29.2 Å². The largest absolute Gasteiger partial charge is 0.432 e. The summed E-state index contributed by atoms with van der Waals surface area (Å²) in [5.41, 5.74) is -1.75. The van der Waals surface area contributed by atoms with Gasteiger partial charge in [-0.3, -0.25) is 0 Å². The normalized spacial score (nSPS) is 17.1. The third-order valence-electron chi connectivity index (χ3n) is 8.88. The molecule has 0 amide bonds. The van der Waals surface area contributed by atoms with E-state index in [-0.39, 0.29) is 23.3 Å². The van der Waals surface area contributed by atoms with Crippen LogP contribution in [0.1, 0.15) is 80.9 Å². The van der Waals surface area contributed by atoms with Gasteiger partial charge < -0.3 is 4.74 Å². The average molecular weight is 665 g/mol. The summed E-state index contributed by atoms with van der Waals surface area (Å²) in [7, 11) is 0. The maximum atomic E-state index is 15.2. The number of rotatable bonds is 10. The second kappa shape index (κ2) is 14.0. The molecular weight excluding hydrogens is 631 g/mol. The molecule has 1 aliphatic carbocycles. The summed E-state index contributed by atoms with van der Waals surface area (Å²) in [5, 5.41) is 0. The van der Waals surface area contributed by atoms with Crippen molar-refractivity contribution in [3.63, 3.8) is 0 Å². The van der Waals surface area contributed by atoms with Gasteiger partial charge >= 0.3 is 12.3 Å². The lowest BCUT2D eigenvalue weighted by Crippen LogP contribution is -2.25. The number of unbranched alkanes of at least 4 members (excludes halogenated alkanes) is 2. The second-order valence-corrected chi connectivity index (χ2v) is 12.1. The highest BCUT2D eigenvalue weighted by molar-refractivity contribution is 5.71. The molecule has 47 heavy (non-hydrogen) atoms. The Labute approximate surface area is 267 Å². The van der Waals surface area contributed by atoms with Crippen LogP contribution in [-0.2, 0) is 12.3 Å². The van der Waals surface area contributed by atoms with Crippen LogP contribution in [0.4, 0.5) is 39.5 Å². The Morgan fingerprint density at radius 1 is 0.638 bits per heavy atom. The molecule has 0 unspecified atom stereocenters. The molecule has 1 fully saturated rings. The molecule has 0 spiro atoms. The van der Waals surface area contributed by atoms with Gasteiger partial charge in [0.25, 0.3) is 0 Å². The van der Waals surface area contributed by atoms with E-state index in [1.165, 1.54) is 56.2 Å². The van der Waals surface area contributed by atoms with Crippen LogP contribution >= 0.6 is 0 Å². The Bertz CT molecular complexity index is 1660. The van der Waals surface area contributed by atoms with Crippen molar-refractivity contribution in [3.8, 4) is 28.0 Å². The molecule has 4 aromatic rings. The third kappa shape index (κ3) is 7.96. The van der Waals surface area contributed by atoms with Crippen LogP contribution in [0.25, 0.3) is 22.3 Å². The first-order valence-corrected chi connectivity index (χ1v) is 15.6. The van der Waals surface area contributed by atoms with E-state index in [0.717, 1.165) is 24.3 Å². The van der Waals surface area contributed by atoms with Gasteiger partial charge in [-0.05, 0) is 90.1 Å². The van der Waals surface area contributed by atoms with E-state index >= 15 is 4.39 Å². The smallest absolute Gasteiger partial charge is 0.429 e. The maximum Gasteiger partial charge on any atom is 0.432 e. The van der Waals surface area contributed by atoms with Gasteiger partial charge in [0.15, 0.2) is 0 Å². The van der Waals surface area contributed by atoms with Crippen molar-refractivity contribution in [1.29, 1.82) is 0 Å². The molecule has 1 nitrogen and oxygen atoms in total. The number of halogens is 9. The van der Waals surface area contributed by atoms with E-state index in [1.54, 1.807) is 6.07 Å². The lowest BCUT2D eigenvalue weighted by atomic mass is 9.77. The summed E-state index contributed by atoms with van der Waals surface area (Å²) in [6.07, 6.45) is -0.0608. The molecule has 0 atom stereocenters. The molecule has 1 aliphatic rings. The van der Waals surface area contributed by atoms with Crippen molar-refractivity contribution < 1.29 is 44.3 Å². The van der Waals surface area contributed by atoms with E-state index in [1.807, 2.05) is 24.3 Å². The van der Waals surface area contributed by atoms with Gasteiger partial charge in [0.2, 0.25) is 0 Å². The Morgan fingerprint density at radius 2 is 1.26 bits per heavy atom. The lowest BCUT2D eigenvalue weighted by Gasteiger charge is -2.29. The topological polar surface area (TPSA) is 9.23 Å². The Balaban J connectivity index is 1.29. The molecule has 0 N–H and O–H groups in total. The summed E-state index contributed by atoms with van der Waals surface area (Å²) in [5.74, 6) is -6.18. The molecule has 1 saturated carbocycles. The van der Waals surface area contributed by atoms with Crippen molar-refractivity contribution >= 4 is 0 Å². The Morgan fingerprint density at radius 3 is 1.83 bits per heavy atom. The molecular formula is C37H33F9O. The summed E-state index contributed by atoms with van der Waals surface area (Å²) in [6, 6.07) is 13.5. The highest BCUT2D eigenvalue weighted by atomic mass is 19.4. The van der Waals surface area contributed by atoms with Crippen molar-refractivity contribution in [3.05, 3.63) is 113 Å². The summed E-state index contributed by atoms with van der Waals surface area (Å²) in [6.45, 7) is 2.21. The molecule has 0 aliphatic heterocycles. The lowest BCUT2D eigenvalue weighted by molar-refractivity contribution is -0.189. The second-order valence-electron chi connectivity index (χ2n) is 12.1. The Hall–Kier alpha value is -3.95. The standard InChI is InChI=1S/C37H33F9O/c1-2-3-4-5-22-6-8-23(9-7-22)24-10-12-25(13-11-24)26-14-16-29(31(38)18-26)27-19-33(40)35(34(41)20-27)37(45,46)47-28-15-17-30(32(39)21-28)36(42,43)44/h10-23H,2-9H2,1H3.